The number of rotatable bonds is 3. The quantitative estimate of drug-likeness (QED) is 0.886. The maximum absolute atomic E-state index is 12.4. The Morgan fingerprint density at radius 3 is 2.32 bits per heavy atom. The van der Waals surface area contributed by atoms with E-state index in [2.05, 4.69) is 0 Å². The van der Waals surface area contributed by atoms with E-state index in [1.165, 1.54) is 23.5 Å². The molecule has 0 radical (unpaired) electrons. The number of benzene rings is 2. The predicted octanol–water partition coefficient (Wildman–Crippen LogP) is 2.75. The Hall–Kier alpha value is -1.72. The lowest BCUT2D eigenvalue weighted by atomic mass is 10.3. The van der Waals surface area contributed by atoms with E-state index in [-0.39, 0.29) is 4.90 Å². The van der Waals surface area contributed by atoms with Gasteiger partial charge in [-0.2, -0.15) is 0 Å². The van der Waals surface area contributed by atoms with E-state index in [0.717, 1.165) is 0 Å². The molecule has 0 saturated carbocycles. The van der Waals surface area contributed by atoms with E-state index in [9.17, 15) is 8.42 Å². The molecule has 0 aliphatic rings. The zero-order chi connectivity index (χ0) is 14.0. The number of hydrogen-bond acceptors (Lipinski definition) is 3. The molecule has 100 valence electrons. The second-order valence-corrected chi connectivity index (χ2v) is 6.43. The molecule has 0 spiro atoms. The molecular weight excluding hydrogens is 284 g/mol. The fourth-order valence-corrected chi connectivity index (χ4v) is 3.00. The number of sulfonamides is 1. The second kappa shape index (κ2) is 5.11. The van der Waals surface area contributed by atoms with E-state index in [4.69, 9.17) is 17.3 Å². The summed E-state index contributed by atoms with van der Waals surface area (Å²) in [5, 5.41) is 0.554. The normalized spacial score (nSPS) is 11.3. The van der Waals surface area contributed by atoms with E-state index < -0.39 is 10.0 Å². The van der Waals surface area contributed by atoms with Crippen molar-refractivity contribution in [1.82, 2.24) is 0 Å². The number of nitrogen functional groups attached to an aromatic ring is 1. The SMILES string of the molecule is CN(c1ccc(Cl)cc1)S(=O)(=O)c1cccc(N)c1. The van der Waals surface area contributed by atoms with Crippen LogP contribution in [0.25, 0.3) is 0 Å². The van der Waals surface area contributed by atoms with Crippen LogP contribution in [-0.2, 0) is 10.0 Å². The van der Waals surface area contributed by atoms with Crippen LogP contribution in [0, 0.1) is 0 Å². The molecule has 0 unspecified atom stereocenters. The number of halogens is 1. The van der Waals surface area contributed by atoms with Crippen molar-refractivity contribution < 1.29 is 8.42 Å². The molecule has 2 N–H and O–H groups in total. The van der Waals surface area contributed by atoms with Crippen molar-refractivity contribution in [2.75, 3.05) is 17.1 Å². The van der Waals surface area contributed by atoms with Gasteiger partial charge in [-0.15, -0.1) is 0 Å². The van der Waals surface area contributed by atoms with Gasteiger partial charge in [0.15, 0.2) is 0 Å². The largest absolute Gasteiger partial charge is 0.399 e. The van der Waals surface area contributed by atoms with Crippen LogP contribution < -0.4 is 10.0 Å². The summed E-state index contributed by atoms with van der Waals surface area (Å²) in [5.74, 6) is 0. The van der Waals surface area contributed by atoms with Crippen molar-refractivity contribution in [3.8, 4) is 0 Å². The summed E-state index contributed by atoms with van der Waals surface area (Å²) in [6, 6.07) is 12.8. The van der Waals surface area contributed by atoms with Gasteiger partial charge < -0.3 is 5.73 Å². The maximum atomic E-state index is 12.4. The zero-order valence-corrected chi connectivity index (χ0v) is 11.8. The molecule has 0 bridgehead atoms. The lowest BCUT2D eigenvalue weighted by Crippen LogP contribution is -2.26. The van der Waals surface area contributed by atoms with Gasteiger partial charge in [-0.1, -0.05) is 17.7 Å². The highest BCUT2D eigenvalue weighted by molar-refractivity contribution is 7.92. The van der Waals surface area contributed by atoms with Crippen LogP contribution >= 0.6 is 11.6 Å². The highest BCUT2D eigenvalue weighted by Crippen LogP contribution is 2.24. The molecule has 0 fully saturated rings. The van der Waals surface area contributed by atoms with Gasteiger partial charge in [0.1, 0.15) is 0 Å². The summed E-state index contributed by atoms with van der Waals surface area (Å²) < 4.78 is 26.0. The zero-order valence-electron chi connectivity index (χ0n) is 10.2. The maximum Gasteiger partial charge on any atom is 0.264 e. The van der Waals surface area contributed by atoms with E-state index in [0.29, 0.717) is 16.4 Å². The van der Waals surface area contributed by atoms with Gasteiger partial charge in [0.2, 0.25) is 0 Å². The molecule has 0 amide bonds. The Bertz CT molecular complexity index is 684. The molecule has 4 nitrogen and oxygen atoms in total. The average molecular weight is 297 g/mol. The third-order valence-electron chi connectivity index (χ3n) is 2.71. The standard InChI is InChI=1S/C13H13ClN2O2S/c1-16(12-7-5-10(14)6-8-12)19(17,18)13-4-2-3-11(15)9-13/h2-9H,15H2,1H3. The van der Waals surface area contributed by atoms with Crippen LogP contribution in [-0.4, -0.2) is 15.5 Å². The average Bonchev–Trinajstić information content (AvgIpc) is 2.39. The Morgan fingerprint density at radius 2 is 1.74 bits per heavy atom. The summed E-state index contributed by atoms with van der Waals surface area (Å²) in [6.45, 7) is 0. The first-order valence-corrected chi connectivity index (χ1v) is 7.33. The van der Waals surface area contributed by atoms with Crippen molar-refractivity contribution >= 4 is 33.0 Å². The molecular formula is C13H13ClN2O2S. The van der Waals surface area contributed by atoms with E-state index in [1.807, 2.05) is 0 Å². The van der Waals surface area contributed by atoms with Crippen LogP contribution in [0.1, 0.15) is 0 Å². The molecule has 6 heteroatoms. The molecule has 0 aromatic heterocycles. The van der Waals surface area contributed by atoms with Crippen molar-refractivity contribution in [2.45, 2.75) is 4.90 Å². The third kappa shape index (κ3) is 2.83. The molecule has 2 rings (SSSR count). The minimum absolute atomic E-state index is 0.157. The van der Waals surface area contributed by atoms with Crippen molar-refractivity contribution in [1.29, 1.82) is 0 Å². The number of hydrogen-bond donors (Lipinski definition) is 1. The Labute approximate surface area is 117 Å². The number of anilines is 2. The molecule has 0 saturated heterocycles. The highest BCUT2D eigenvalue weighted by Gasteiger charge is 2.21. The monoisotopic (exact) mass is 296 g/mol. The van der Waals surface area contributed by atoms with Crippen LogP contribution in [0.2, 0.25) is 5.02 Å². The van der Waals surface area contributed by atoms with Crippen LogP contribution in [0.3, 0.4) is 0 Å². The Kier molecular flexibility index (Phi) is 3.68. The summed E-state index contributed by atoms with van der Waals surface area (Å²) >= 11 is 5.78. The molecule has 19 heavy (non-hydrogen) atoms. The molecule has 0 atom stereocenters. The van der Waals surface area contributed by atoms with Crippen LogP contribution in [0.5, 0.6) is 0 Å². The molecule has 0 aliphatic heterocycles. The molecule has 2 aromatic carbocycles. The van der Waals surface area contributed by atoms with Crippen LogP contribution in [0.15, 0.2) is 53.4 Å². The number of nitrogens with zero attached hydrogens (tertiary/aromatic N) is 1. The number of nitrogens with two attached hydrogens (primary N) is 1. The fourth-order valence-electron chi connectivity index (χ4n) is 1.62. The molecule has 0 heterocycles. The van der Waals surface area contributed by atoms with Gasteiger partial charge >= 0.3 is 0 Å². The van der Waals surface area contributed by atoms with Crippen molar-refractivity contribution in [3.05, 3.63) is 53.6 Å². The van der Waals surface area contributed by atoms with Gasteiger partial charge in [-0.3, -0.25) is 4.31 Å². The van der Waals surface area contributed by atoms with Crippen molar-refractivity contribution in [2.24, 2.45) is 0 Å². The molecule has 2 aromatic rings. The highest BCUT2D eigenvalue weighted by atomic mass is 35.5. The van der Waals surface area contributed by atoms with Crippen LogP contribution in [0.4, 0.5) is 11.4 Å². The van der Waals surface area contributed by atoms with Gasteiger partial charge in [0.25, 0.3) is 10.0 Å². The second-order valence-electron chi connectivity index (χ2n) is 4.02. The lowest BCUT2D eigenvalue weighted by molar-refractivity contribution is 0.594. The third-order valence-corrected chi connectivity index (χ3v) is 4.74. The predicted molar refractivity (Wildman–Crippen MR) is 77.9 cm³/mol. The lowest BCUT2D eigenvalue weighted by Gasteiger charge is -2.19. The van der Waals surface area contributed by atoms with Crippen molar-refractivity contribution in [3.63, 3.8) is 0 Å². The van der Waals surface area contributed by atoms with E-state index >= 15 is 0 Å². The minimum Gasteiger partial charge on any atom is -0.399 e. The van der Waals surface area contributed by atoms with Gasteiger partial charge in [0, 0.05) is 17.8 Å². The summed E-state index contributed by atoms with van der Waals surface area (Å²) in [7, 11) is -2.13. The topological polar surface area (TPSA) is 63.4 Å². The first-order chi connectivity index (χ1) is 8.91. The summed E-state index contributed by atoms with van der Waals surface area (Å²) in [6.07, 6.45) is 0. The molecule has 0 aliphatic carbocycles. The first kappa shape index (κ1) is 13.7. The smallest absolute Gasteiger partial charge is 0.264 e. The van der Waals surface area contributed by atoms with E-state index in [1.54, 1.807) is 36.4 Å². The Balaban J connectivity index is 2.42. The van der Waals surface area contributed by atoms with Gasteiger partial charge in [-0.05, 0) is 42.5 Å². The Morgan fingerprint density at radius 1 is 1.11 bits per heavy atom. The summed E-state index contributed by atoms with van der Waals surface area (Å²) in [4.78, 5) is 0.157. The minimum atomic E-state index is -3.62. The fraction of sp³-hybridized carbons (Fsp3) is 0.0769. The summed E-state index contributed by atoms with van der Waals surface area (Å²) in [5.41, 5.74) is 6.56. The first-order valence-electron chi connectivity index (χ1n) is 5.51. The van der Waals surface area contributed by atoms with Gasteiger partial charge in [0.05, 0.1) is 10.6 Å². The van der Waals surface area contributed by atoms with Gasteiger partial charge in [-0.25, -0.2) is 8.42 Å².